The molecule has 6 heteroatoms. The van der Waals surface area contributed by atoms with Gasteiger partial charge >= 0.3 is 0 Å². The molecule has 4 rings (SSSR count). The zero-order valence-corrected chi connectivity index (χ0v) is 19.7. The number of benzene rings is 3. The van der Waals surface area contributed by atoms with Crippen molar-refractivity contribution in [2.75, 3.05) is 16.8 Å². The number of hydrogen-bond donors (Lipinski definition) is 2. The summed E-state index contributed by atoms with van der Waals surface area (Å²) in [5, 5.41) is 5.79. The SMILES string of the molecule is Cc1cccc(CNC(=O)c2ccccc2NC(=O)[C@H]2CC(=O)N(c3ccc(C)c(C)c3)C2)c1. The van der Waals surface area contributed by atoms with E-state index >= 15 is 0 Å². The predicted molar refractivity (Wildman–Crippen MR) is 134 cm³/mol. The van der Waals surface area contributed by atoms with Crippen LogP contribution in [-0.4, -0.2) is 24.3 Å². The van der Waals surface area contributed by atoms with Gasteiger partial charge in [-0.25, -0.2) is 0 Å². The van der Waals surface area contributed by atoms with Crippen LogP contribution in [0.2, 0.25) is 0 Å². The van der Waals surface area contributed by atoms with Crippen LogP contribution < -0.4 is 15.5 Å². The van der Waals surface area contributed by atoms with Gasteiger partial charge in [-0.2, -0.15) is 0 Å². The molecule has 3 amide bonds. The summed E-state index contributed by atoms with van der Waals surface area (Å²) >= 11 is 0. The van der Waals surface area contributed by atoms with Crippen LogP contribution in [0.4, 0.5) is 11.4 Å². The normalized spacial score (nSPS) is 15.3. The van der Waals surface area contributed by atoms with Crippen LogP contribution >= 0.6 is 0 Å². The summed E-state index contributed by atoms with van der Waals surface area (Å²) in [5.41, 5.74) is 6.02. The van der Waals surface area contributed by atoms with Crippen molar-refractivity contribution in [2.45, 2.75) is 33.7 Å². The molecule has 1 aliphatic heterocycles. The topological polar surface area (TPSA) is 78.5 Å². The van der Waals surface area contributed by atoms with Crippen molar-refractivity contribution in [3.63, 3.8) is 0 Å². The van der Waals surface area contributed by atoms with E-state index in [1.54, 1.807) is 29.2 Å². The number of rotatable bonds is 6. The fraction of sp³-hybridized carbons (Fsp3) is 0.250. The Balaban J connectivity index is 1.43. The van der Waals surface area contributed by atoms with Gasteiger partial charge in [-0.1, -0.05) is 48.0 Å². The van der Waals surface area contributed by atoms with Crippen molar-refractivity contribution in [1.29, 1.82) is 0 Å². The fourth-order valence-corrected chi connectivity index (χ4v) is 4.15. The summed E-state index contributed by atoms with van der Waals surface area (Å²) in [7, 11) is 0. The molecule has 3 aromatic carbocycles. The average Bonchev–Trinajstić information content (AvgIpc) is 3.21. The molecular formula is C28H29N3O3. The van der Waals surface area contributed by atoms with E-state index in [0.717, 1.165) is 27.9 Å². The lowest BCUT2D eigenvalue weighted by molar-refractivity contribution is -0.122. The van der Waals surface area contributed by atoms with E-state index in [0.29, 0.717) is 24.3 Å². The van der Waals surface area contributed by atoms with E-state index in [4.69, 9.17) is 0 Å². The quantitative estimate of drug-likeness (QED) is 0.573. The van der Waals surface area contributed by atoms with E-state index in [1.165, 1.54) is 0 Å². The van der Waals surface area contributed by atoms with Gasteiger partial charge in [-0.15, -0.1) is 0 Å². The summed E-state index contributed by atoms with van der Waals surface area (Å²) in [6, 6.07) is 20.7. The molecule has 34 heavy (non-hydrogen) atoms. The summed E-state index contributed by atoms with van der Waals surface area (Å²) in [4.78, 5) is 40.2. The van der Waals surface area contributed by atoms with Crippen LogP contribution in [0.3, 0.4) is 0 Å². The summed E-state index contributed by atoms with van der Waals surface area (Å²) in [6.07, 6.45) is 0.139. The predicted octanol–water partition coefficient (Wildman–Crippen LogP) is 4.53. The highest BCUT2D eigenvalue weighted by Crippen LogP contribution is 2.28. The fourth-order valence-electron chi connectivity index (χ4n) is 4.15. The third-order valence-electron chi connectivity index (χ3n) is 6.26. The van der Waals surface area contributed by atoms with Gasteiger partial charge in [0.25, 0.3) is 5.91 Å². The second kappa shape index (κ2) is 9.91. The molecule has 1 fully saturated rings. The molecule has 1 saturated heterocycles. The van der Waals surface area contributed by atoms with Crippen LogP contribution in [0.1, 0.15) is 39.0 Å². The molecule has 1 heterocycles. The van der Waals surface area contributed by atoms with Crippen LogP contribution in [0, 0.1) is 26.7 Å². The van der Waals surface area contributed by atoms with Gasteiger partial charge in [0.2, 0.25) is 11.8 Å². The molecule has 0 spiro atoms. The second-order valence-corrected chi connectivity index (χ2v) is 8.88. The van der Waals surface area contributed by atoms with E-state index in [2.05, 4.69) is 10.6 Å². The molecule has 2 N–H and O–H groups in total. The number of hydrogen-bond acceptors (Lipinski definition) is 3. The highest BCUT2D eigenvalue weighted by Gasteiger charge is 2.35. The first-order valence-corrected chi connectivity index (χ1v) is 11.4. The van der Waals surface area contributed by atoms with Gasteiger partial charge < -0.3 is 15.5 Å². The van der Waals surface area contributed by atoms with Gasteiger partial charge in [-0.3, -0.25) is 14.4 Å². The second-order valence-electron chi connectivity index (χ2n) is 8.88. The molecule has 0 radical (unpaired) electrons. The number of amides is 3. The Morgan fingerprint density at radius 2 is 1.74 bits per heavy atom. The number of nitrogens with zero attached hydrogens (tertiary/aromatic N) is 1. The molecule has 3 aromatic rings. The highest BCUT2D eigenvalue weighted by atomic mass is 16.2. The summed E-state index contributed by atoms with van der Waals surface area (Å²) < 4.78 is 0. The molecule has 0 saturated carbocycles. The molecule has 1 aliphatic rings. The molecular weight excluding hydrogens is 426 g/mol. The van der Waals surface area contributed by atoms with Crippen molar-refractivity contribution in [3.8, 4) is 0 Å². The average molecular weight is 456 g/mol. The smallest absolute Gasteiger partial charge is 0.253 e. The van der Waals surface area contributed by atoms with E-state index in [9.17, 15) is 14.4 Å². The Labute approximate surface area is 200 Å². The van der Waals surface area contributed by atoms with E-state index in [1.807, 2.05) is 63.2 Å². The van der Waals surface area contributed by atoms with E-state index < -0.39 is 5.92 Å². The molecule has 1 atom stereocenters. The Bertz CT molecular complexity index is 1250. The maximum absolute atomic E-state index is 13.0. The van der Waals surface area contributed by atoms with Crippen molar-refractivity contribution in [2.24, 2.45) is 5.92 Å². The Kier molecular flexibility index (Phi) is 6.77. The minimum Gasteiger partial charge on any atom is -0.348 e. The third kappa shape index (κ3) is 5.17. The van der Waals surface area contributed by atoms with Crippen LogP contribution in [-0.2, 0) is 16.1 Å². The van der Waals surface area contributed by atoms with Crippen LogP contribution in [0.15, 0.2) is 66.7 Å². The lowest BCUT2D eigenvalue weighted by Crippen LogP contribution is -2.29. The molecule has 0 aliphatic carbocycles. The Morgan fingerprint density at radius 3 is 2.50 bits per heavy atom. The molecule has 0 bridgehead atoms. The number of carbonyl (C=O) groups excluding carboxylic acids is 3. The molecule has 0 aromatic heterocycles. The van der Waals surface area contributed by atoms with Crippen molar-refractivity contribution in [3.05, 3.63) is 94.5 Å². The minimum atomic E-state index is -0.488. The molecule has 0 unspecified atom stereocenters. The zero-order chi connectivity index (χ0) is 24.2. The highest BCUT2D eigenvalue weighted by molar-refractivity contribution is 6.07. The van der Waals surface area contributed by atoms with Gasteiger partial charge in [-0.05, 0) is 61.7 Å². The monoisotopic (exact) mass is 455 g/mol. The van der Waals surface area contributed by atoms with Crippen LogP contribution in [0.5, 0.6) is 0 Å². The Hall–Kier alpha value is -3.93. The lowest BCUT2D eigenvalue weighted by Gasteiger charge is -2.18. The maximum atomic E-state index is 13.0. The van der Waals surface area contributed by atoms with Gasteiger partial charge in [0, 0.05) is 25.2 Å². The third-order valence-corrected chi connectivity index (χ3v) is 6.26. The van der Waals surface area contributed by atoms with E-state index in [-0.39, 0.29) is 24.1 Å². The first-order chi connectivity index (χ1) is 16.3. The summed E-state index contributed by atoms with van der Waals surface area (Å²) in [5.74, 6) is -1.10. The minimum absolute atomic E-state index is 0.0763. The molecule has 6 nitrogen and oxygen atoms in total. The number of nitrogens with one attached hydrogen (secondary N) is 2. The van der Waals surface area contributed by atoms with Crippen LogP contribution in [0.25, 0.3) is 0 Å². The zero-order valence-electron chi connectivity index (χ0n) is 19.7. The number of para-hydroxylation sites is 1. The van der Waals surface area contributed by atoms with Gasteiger partial charge in [0.15, 0.2) is 0 Å². The standard InChI is InChI=1S/C28H29N3O3/c1-18-7-6-8-21(13-18)16-29-28(34)24-9-4-5-10-25(24)30-27(33)22-15-26(32)31(17-22)23-12-11-19(2)20(3)14-23/h4-14,22H,15-17H2,1-3H3,(H,29,34)(H,30,33)/t22-/m0/s1. The largest absolute Gasteiger partial charge is 0.348 e. The summed E-state index contributed by atoms with van der Waals surface area (Å²) in [6.45, 7) is 6.74. The number of carbonyl (C=O) groups is 3. The maximum Gasteiger partial charge on any atom is 0.253 e. The van der Waals surface area contributed by atoms with Gasteiger partial charge in [0.1, 0.15) is 0 Å². The van der Waals surface area contributed by atoms with Crippen molar-refractivity contribution < 1.29 is 14.4 Å². The van der Waals surface area contributed by atoms with Crippen molar-refractivity contribution >= 4 is 29.1 Å². The molecule has 174 valence electrons. The first kappa shape index (κ1) is 23.2. The number of anilines is 2. The van der Waals surface area contributed by atoms with Crippen molar-refractivity contribution in [1.82, 2.24) is 5.32 Å². The van der Waals surface area contributed by atoms with Gasteiger partial charge in [0.05, 0.1) is 17.2 Å². The first-order valence-electron chi connectivity index (χ1n) is 11.4. The Morgan fingerprint density at radius 1 is 0.941 bits per heavy atom. The number of aryl methyl sites for hydroxylation is 3. The lowest BCUT2D eigenvalue weighted by atomic mass is 10.1.